The summed E-state index contributed by atoms with van der Waals surface area (Å²) in [6.07, 6.45) is 7.71. The van der Waals surface area contributed by atoms with Crippen molar-refractivity contribution in [2.45, 2.75) is 50.7 Å². The Labute approximate surface area is 232 Å². The molecule has 2 aliphatic rings. The number of rotatable bonds is 7. The number of hydrogen-bond donors (Lipinski definition) is 2. The second-order valence-electron chi connectivity index (χ2n) is 10.1. The number of aromatic nitrogens is 3. The minimum Gasteiger partial charge on any atom is -0.378 e. The van der Waals surface area contributed by atoms with E-state index in [0.717, 1.165) is 30.6 Å². The van der Waals surface area contributed by atoms with Gasteiger partial charge in [-0.3, -0.25) is 19.6 Å². The first-order valence-electron chi connectivity index (χ1n) is 13.5. The Morgan fingerprint density at radius 3 is 2.62 bits per heavy atom. The lowest BCUT2D eigenvalue weighted by Gasteiger charge is -2.36. The second-order valence-corrected chi connectivity index (χ2v) is 10.1. The van der Waals surface area contributed by atoms with Crippen molar-refractivity contribution in [2.75, 3.05) is 34.8 Å². The Kier molecular flexibility index (Phi) is 8.15. The molecular formula is C29H31FN8O2. The molecular weight excluding hydrogens is 511 g/mol. The van der Waals surface area contributed by atoms with E-state index in [2.05, 4.69) is 20.3 Å². The summed E-state index contributed by atoms with van der Waals surface area (Å²) in [6.45, 7) is 1.37. The van der Waals surface area contributed by atoms with Crippen LogP contribution in [0.25, 0.3) is 0 Å². The molecule has 5 heterocycles. The number of carbonyl (C=O) groups excluding carboxylic acids is 2. The minimum atomic E-state index is -1.24. The predicted octanol–water partition coefficient (Wildman–Crippen LogP) is 3.37. The Hall–Kier alpha value is -4.59. The number of hydrogen-bond acceptors (Lipinski definition) is 8. The van der Waals surface area contributed by atoms with Crippen LogP contribution in [0.4, 0.5) is 21.6 Å². The highest BCUT2D eigenvalue weighted by molar-refractivity contribution is 5.98. The van der Waals surface area contributed by atoms with E-state index in [9.17, 15) is 9.59 Å². The van der Waals surface area contributed by atoms with Gasteiger partial charge in [0, 0.05) is 49.7 Å². The molecule has 0 aliphatic carbocycles. The largest absolute Gasteiger partial charge is 0.378 e. The van der Waals surface area contributed by atoms with Crippen molar-refractivity contribution in [3.05, 3.63) is 71.4 Å². The molecule has 0 bridgehead atoms. The van der Waals surface area contributed by atoms with Gasteiger partial charge in [-0.25, -0.2) is 9.37 Å². The molecule has 0 aromatic carbocycles. The molecule has 0 spiro atoms. The molecule has 5 rings (SSSR count). The third kappa shape index (κ3) is 6.17. The summed E-state index contributed by atoms with van der Waals surface area (Å²) in [5, 5.41) is 12.2. The average Bonchev–Trinajstić information content (AvgIpc) is 3.18. The summed E-state index contributed by atoms with van der Waals surface area (Å²) < 4.78 is 15.3. The highest BCUT2D eigenvalue weighted by atomic mass is 19.1. The van der Waals surface area contributed by atoms with Crippen LogP contribution in [-0.4, -0.2) is 58.6 Å². The smallest absolute Gasteiger partial charge is 0.252 e. The number of pyridine rings is 3. The molecule has 2 saturated heterocycles. The van der Waals surface area contributed by atoms with Crippen LogP contribution in [0.1, 0.15) is 59.4 Å². The van der Waals surface area contributed by atoms with Gasteiger partial charge in [0.2, 0.25) is 5.91 Å². The van der Waals surface area contributed by atoms with Crippen LogP contribution in [0.3, 0.4) is 0 Å². The summed E-state index contributed by atoms with van der Waals surface area (Å²) in [5.41, 5.74) is 8.84. The molecule has 3 N–H and O–H groups in total. The van der Waals surface area contributed by atoms with Gasteiger partial charge >= 0.3 is 0 Å². The number of carbonyl (C=O) groups is 2. The van der Waals surface area contributed by atoms with Gasteiger partial charge in [0.15, 0.2) is 0 Å². The molecule has 10 nitrogen and oxygen atoms in total. The fourth-order valence-corrected chi connectivity index (χ4v) is 5.15. The van der Waals surface area contributed by atoms with Gasteiger partial charge in [-0.1, -0.05) is 6.42 Å². The van der Waals surface area contributed by atoms with E-state index < -0.39 is 18.1 Å². The fourth-order valence-electron chi connectivity index (χ4n) is 5.15. The first kappa shape index (κ1) is 27.0. The molecule has 40 heavy (non-hydrogen) atoms. The fraction of sp³-hybridized carbons (Fsp3) is 0.379. The van der Waals surface area contributed by atoms with Gasteiger partial charge in [-0.2, -0.15) is 5.26 Å². The number of nitrogens with zero attached hydrogens (tertiary/aromatic N) is 6. The van der Waals surface area contributed by atoms with Crippen molar-refractivity contribution >= 4 is 29.0 Å². The van der Waals surface area contributed by atoms with Crippen LogP contribution in [-0.2, 0) is 11.2 Å². The van der Waals surface area contributed by atoms with E-state index in [1.165, 1.54) is 12.4 Å². The molecule has 2 aliphatic heterocycles. The zero-order chi connectivity index (χ0) is 28.1. The topological polar surface area (TPSA) is 141 Å². The van der Waals surface area contributed by atoms with Crippen LogP contribution in [0, 0.1) is 11.3 Å². The number of alkyl halides is 1. The Balaban J connectivity index is 1.27. The van der Waals surface area contributed by atoms with Crippen molar-refractivity contribution in [1.82, 2.24) is 15.0 Å². The zero-order valence-electron chi connectivity index (χ0n) is 22.1. The number of primary amides is 1. The summed E-state index contributed by atoms with van der Waals surface area (Å²) >= 11 is 0. The Bertz CT molecular complexity index is 1410. The van der Waals surface area contributed by atoms with Crippen molar-refractivity contribution < 1.29 is 14.0 Å². The average molecular weight is 543 g/mol. The highest BCUT2D eigenvalue weighted by Gasteiger charge is 2.31. The van der Waals surface area contributed by atoms with Gasteiger partial charge in [-0.15, -0.1) is 0 Å². The maximum Gasteiger partial charge on any atom is 0.252 e. The number of anilines is 3. The van der Waals surface area contributed by atoms with Crippen molar-refractivity contribution in [3.63, 3.8) is 0 Å². The lowest BCUT2D eigenvalue weighted by Crippen LogP contribution is -2.48. The minimum absolute atomic E-state index is 0.121. The first-order valence-corrected chi connectivity index (χ1v) is 13.5. The van der Waals surface area contributed by atoms with E-state index in [0.29, 0.717) is 55.1 Å². The number of piperidine rings is 1. The van der Waals surface area contributed by atoms with E-state index in [1.807, 2.05) is 23.1 Å². The van der Waals surface area contributed by atoms with Crippen LogP contribution in [0.5, 0.6) is 0 Å². The van der Waals surface area contributed by atoms with E-state index in [1.54, 1.807) is 29.3 Å². The molecule has 2 atom stereocenters. The Morgan fingerprint density at radius 2 is 1.93 bits per heavy atom. The number of halogens is 1. The maximum absolute atomic E-state index is 15.3. The van der Waals surface area contributed by atoms with Crippen LogP contribution in [0.15, 0.2) is 48.9 Å². The number of nitriles is 1. The molecule has 0 radical (unpaired) electrons. The number of nitrogens with two attached hydrogens (primary N) is 1. The van der Waals surface area contributed by atoms with Crippen molar-refractivity contribution in [3.8, 4) is 6.07 Å². The molecule has 2 fully saturated rings. The van der Waals surface area contributed by atoms with E-state index >= 15 is 4.39 Å². The van der Waals surface area contributed by atoms with Crippen molar-refractivity contribution in [2.24, 2.45) is 5.73 Å². The van der Waals surface area contributed by atoms with E-state index in [4.69, 9.17) is 11.0 Å². The van der Waals surface area contributed by atoms with Gasteiger partial charge in [0.1, 0.15) is 18.1 Å². The van der Waals surface area contributed by atoms with Gasteiger partial charge in [-0.05, 0) is 49.6 Å². The number of amides is 2. The lowest BCUT2D eigenvalue weighted by molar-refractivity contribution is -0.118. The number of nitrogens with one attached hydrogen (secondary N) is 1. The highest BCUT2D eigenvalue weighted by Crippen LogP contribution is 2.26. The molecule has 2 amide bonds. The molecule has 206 valence electrons. The zero-order valence-corrected chi connectivity index (χ0v) is 22.1. The molecule has 3 aromatic rings. The van der Waals surface area contributed by atoms with Crippen molar-refractivity contribution in [1.29, 1.82) is 5.26 Å². The van der Waals surface area contributed by atoms with Gasteiger partial charge in [0.05, 0.1) is 41.3 Å². The molecule has 0 saturated carbocycles. The third-order valence-corrected chi connectivity index (χ3v) is 7.37. The normalized spacial score (nSPS) is 19.6. The monoisotopic (exact) mass is 542 g/mol. The first-order chi connectivity index (χ1) is 19.4. The van der Waals surface area contributed by atoms with Gasteiger partial charge in [0.25, 0.3) is 5.91 Å². The summed E-state index contributed by atoms with van der Waals surface area (Å²) in [6, 6.07) is 10.4. The quantitative estimate of drug-likeness (QED) is 0.463. The summed E-state index contributed by atoms with van der Waals surface area (Å²) in [7, 11) is 0. The Morgan fingerprint density at radius 1 is 1.07 bits per heavy atom. The second kappa shape index (κ2) is 12.1. The van der Waals surface area contributed by atoms with Gasteiger partial charge < -0.3 is 20.9 Å². The van der Waals surface area contributed by atoms with Crippen LogP contribution < -0.4 is 20.9 Å². The maximum atomic E-state index is 15.3. The van der Waals surface area contributed by atoms with Crippen LogP contribution in [0.2, 0.25) is 0 Å². The molecule has 3 aromatic heterocycles. The van der Waals surface area contributed by atoms with Crippen LogP contribution >= 0.6 is 0 Å². The summed E-state index contributed by atoms with van der Waals surface area (Å²) in [4.78, 5) is 41.4. The standard InChI is InChI=1S/C29H31FN8O2/c30-24-18-37(27-8-5-19(14-31)15-35-27)11-9-25(24)36-26-13-21(34-17-23(26)29(32)40)12-20-6-7-22(16-33-20)38-10-3-1-2-4-28(38)39/h5-8,13,15-17,24-25H,1-4,9-12,18H2,(H2,32,40)(H,34,36)/t24-,25+/m0/s1. The SMILES string of the molecule is N#Cc1ccc(N2CC[C@@H](Nc3cc(Cc4ccc(N5CCCCCC5=O)cn4)ncc3C(N)=O)[C@@H](F)C2)nc1. The predicted molar refractivity (Wildman–Crippen MR) is 149 cm³/mol. The van der Waals surface area contributed by atoms with E-state index in [-0.39, 0.29) is 18.0 Å². The lowest BCUT2D eigenvalue weighted by atomic mass is 10.0. The third-order valence-electron chi connectivity index (χ3n) is 7.37. The molecule has 0 unspecified atom stereocenters. The molecule has 11 heteroatoms. The summed E-state index contributed by atoms with van der Waals surface area (Å²) in [5.74, 6) is 0.0836.